The summed E-state index contributed by atoms with van der Waals surface area (Å²) in [5.41, 5.74) is 0.169. The number of aromatic hydroxyl groups is 1. The van der Waals surface area contributed by atoms with E-state index in [1.807, 2.05) is 0 Å². The van der Waals surface area contributed by atoms with Crippen LogP contribution in [0.2, 0.25) is 0 Å². The van der Waals surface area contributed by atoms with E-state index in [1.165, 1.54) is 45.9 Å². The molecule has 0 unspecified atom stereocenters. The highest BCUT2D eigenvalue weighted by atomic mass is 19.1. The van der Waals surface area contributed by atoms with E-state index in [0.717, 1.165) is 6.07 Å². The van der Waals surface area contributed by atoms with Crippen LogP contribution in [0.4, 0.5) is 8.78 Å². The molecule has 0 atom stereocenters. The lowest BCUT2D eigenvalue weighted by Crippen LogP contribution is -2.43. The predicted octanol–water partition coefficient (Wildman–Crippen LogP) is 2.42. The topological polar surface area (TPSA) is 91.6 Å². The molecule has 0 saturated carbocycles. The summed E-state index contributed by atoms with van der Waals surface area (Å²) in [6.45, 7) is 0.654. The monoisotopic (exact) mass is 439 g/mol. The lowest BCUT2D eigenvalue weighted by atomic mass is 10.1. The number of carbonyl (C=O) groups is 2. The third-order valence-corrected chi connectivity index (χ3v) is 5.26. The molecule has 0 radical (unpaired) electrons. The Morgan fingerprint density at radius 1 is 0.938 bits per heavy atom. The Labute approximate surface area is 181 Å². The lowest BCUT2D eigenvalue weighted by molar-refractivity contribution is 0.0680. The van der Waals surface area contributed by atoms with Crippen LogP contribution in [0.3, 0.4) is 0 Å². The molecular weight excluding hydrogens is 420 g/mol. The maximum atomic E-state index is 13.1. The highest BCUT2D eigenvalue weighted by Crippen LogP contribution is 2.23. The SMILES string of the molecule is O=C(NCc1ccc(F)cc1)c1cc(=O)c(O)c2n1CCN(Cc1ccc(F)cc1)C2=O. The summed E-state index contributed by atoms with van der Waals surface area (Å²) in [5.74, 6) is -2.74. The summed E-state index contributed by atoms with van der Waals surface area (Å²) < 4.78 is 27.5. The van der Waals surface area contributed by atoms with E-state index in [0.29, 0.717) is 11.1 Å². The zero-order chi connectivity index (χ0) is 22.8. The molecule has 0 bridgehead atoms. The molecule has 9 heteroatoms. The van der Waals surface area contributed by atoms with Gasteiger partial charge >= 0.3 is 0 Å². The number of halogens is 2. The first-order valence-electron chi connectivity index (χ1n) is 9.86. The van der Waals surface area contributed by atoms with Gasteiger partial charge in [-0.15, -0.1) is 0 Å². The van der Waals surface area contributed by atoms with Crippen molar-refractivity contribution in [3.05, 3.63) is 99.0 Å². The first kappa shape index (κ1) is 21.2. The Morgan fingerprint density at radius 2 is 1.53 bits per heavy atom. The molecule has 0 aliphatic carbocycles. The summed E-state index contributed by atoms with van der Waals surface area (Å²) in [5, 5.41) is 12.9. The standard InChI is InChI=1S/C23H19F2N3O4/c24-16-5-1-14(2-6-16)12-26-22(31)18-11-19(29)21(30)20-23(32)27(9-10-28(18)20)13-15-3-7-17(25)8-4-15/h1-8,11,30H,9-10,12-13H2,(H,26,31). The van der Waals surface area contributed by atoms with Crippen molar-refractivity contribution in [2.75, 3.05) is 6.54 Å². The second kappa shape index (κ2) is 8.62. The molecule has 0 fully saturated rings. The van der Waals surface area contributed by atoms with Crippen molar-refractivity contribution < 1.29 is 23.5 Å². The third-order valence-electron chi connectivity index (χ3n) is 5.26. The average molecular weight is 439 g/mol. The van der Waals surface area contributed by atoms with Crippen molar-refractivity contribution in [2.24, 2.45) is 0 Å². The van der Waals surface area contributed by atoms with Crippen molar-refractivity contribution in [1.29, 1.82) is 0 Å². The van der Waals surface area contributed by atoms with Gasteiger partial charge in [-0.3, -0.25) is 14.4 Å². The molecule has 4 rings (SSSR count). The first-order chi connectivity index (χ1) is 15.3. The number of fused-ring (bicyclic) bond motifs is 1. The molecular formula is C23H19F2N3O4. The van der Waals surface area contributed by atoms with E-state index < -0.39 is 34.6 Å². The normalized spacial score (nSPS) is 13.1. The summed E-state index contributed by atoms with van der Waals surface area (Å²) >= 11 is 0. The molecule has 7 nitrogen and oxygen atoms in total. The second-order valence-corrected chi connectivity index (χ2v) is 7.40. The zero-order valence-corrected chi connectivity index (χ0v) is 16.8. The molecule has 3 aromatic rings. The zero-order valence-electron chi connectivity index (χ0n) is 16.8. The Morgan fingerprint density at radius 3 is 2.16 bits per heavy atom. The van der Waals surface area contributed by atoms with Gasteiger partial charge in [0, 0.05) is 32.2 Å². The lowest BCUT2D eigenvalue weighted by Gasteiger charge is -2.31. The van der Waals surface area contributed by atoms with Crippen LogP contribution in [0.1, 0.15) is 32.1 Å². The Balaban J connectivity index is 1.58. The fraction of sp³-hybridized carbons (Fsp3) is 0.174. The highest BCUT2D eigenvalue weighted by Gasteiger charge is 2.31. The highest BCUT2D eigenvalue weighted by molar-refractivity contribution is 5.99. The minimum atomic E-state index is -0.847. The van der Waals surface area contributed by atoms with Crippen LogP contribution in [0, 0.1) is 11.6 Å². The van der Waals surface area contributed by atoms with Crippen LogP contribution in [-0.4, -0.2) is 32.9 Å². The van der Waals surface area contributed by atoms with Crippen LogP contribution in [0.25, 0.3) is 0 Å². The van der Waals surface area contributed by atoms with E-state index >= 15 is 0 Å². The largest absolute Gasteiger partial charge is 0.503 e. The Kier molecular flexibility index (Phi) is 5.72. The van der Waals surface area contributed by atoms with Gasteiger partial charge in [0.15, 0.2) is 11.4 Å². The van der Waals surface area contributed by atoms with Gasteiger partial charge in [-0.25, -0.2) is 8.78 Å². The smallest absolute Gasteiger partial charge is 0.274 e. The fourth-order valence-electron chi connectivity index (χ4n) is 3.58. The van der Waals surface area contributed by atoms with Gasteiger partial charge in [-0.2, -0.15) is 0 Å². The number of pyridine rings is 1. The van der Waals surface area contributed by atoms with Gasteiger partial charge in [0.1, 0.15) is 17.3 Å². The van der Waals surface area contributed by atoms with E-state index in [4.69, 9.17) is 0 Å². The second-order valence-electron chi connectivity index (χ2n) is 7.40. The molecule has 2 aromatic carbocycles. The molecule has 0 spiro atoms. The van der Waals surface area contributed by atoms with Crippen molar-refractivity contribution in [1.82, 2.24) is 14.8 Å². The third kappa shape index (κ3) is 4.22. The van der Waals surface area contributed by atoms with E-state index in [9.17, 15) is 28.3 Å². The number of carbonyl (C=O) groups excluding carboxylic acids is 2. The first-order valence-corrected chi connectivity index (χ1v) is 9.86. The average Bonchev–Trinajstić information content (AvgIpc) is 2.78. The van der Waals surface area contributed by atoms with Crippen molar-refractivity contribution in [2.45, 2.75) is 19.6 Å². The van der Waals surface area contributed by atoms with Crippen molar-refractivity contribution in [3.8, 4) is 5.75 Å². The molecule has 32 heavy (non-hydrogen) atoms. The van der Waals surface area contributed by atoms with Gasteiger partial charge in [0.25, 0.3) is 11.8 Å². The number of aromatic nitrogens is 1. The van der Waals surface area contributed by atoms with Crippen molar-refractivity contribution in [3.63, 3.8) is 0 Å². The van der Waals surface area contributed by atoms with Gasteiger partial charge in [0.2, 0.25) is 5.43 Å². The van der Waals surface area contributed by atoms with Gasteiger partial charge in [-0.1, -0.05) is 24.3 Å². The molecule has 2 amide bonds. The van der Waals surface area contributed by atoms with E-state index in [1.54, 1.807) is 12.1 Å². The number of amides is 2. The van der Waals surface area contributed by atoms with Crippen molar-refractivity contribution >= 4 is 11.8 Å². The quantitative estimate of drug-likeness (QED) is 0.639. The summed E-state index contributed by atoms with van der Waals surface area (Å²) in [6, 6.07) is 12.2. The molecule has 1 aliphatic rings. The molecule has 0 saturated heterocycles. The Hall–Kier alpha value is -4.01. The number of nitrogens with zero attached hydrogens (tertiary/aromatic N) is 2. The van der Waals surface area contributed by atoms with Crippen LogP contribution in [-0.2, 0) is 19.6 Å². The number of hydrogen-bond donors (Lipinski definition) is 2. The predicted molar refractivity (Wildman–Crippen MR) is 111 cm³/mol. The summed E-state index contributed by atoms with van der Waals surface area (Å²) in [7, 11) is 0. The van der Waals surface area contributed by atoms with Crippen LogP contribution < -0.4 is 10.7 Å². The number of benzene rings is 2. The number of nitrogens with one attached hydrogen (secondary N) is 1. The maximum Gasteiger partial charge on any atom is 0.274 e. The minimum absolute atomic E-state index is 0.0558. The minimum Gasteiger partial charge on any atom is -0.503 e. The van der Waals surface area contributed by atoms with Crippen LogP contribution in [0.5, 0.6) is 5.75 Å². The maximum absolute atomic E-state index is 13.1. The molecule has 1 aliphatic heterocycles. The molecule has 1 aromatic heterocycles. The molecule has 2 N–H and O–H groups in total. The van der Waals surface area contributed by atoms with E-state index in [-0.39, 0.29) is 37.6 Å². The van der Waals surface area contributed by atoms with Gasteiger partial charge < -0.3 is 19.9 Å². The summed E-state index contributed by atoms with van der Waals surface area (Å²) in [6.07, 6.45) is 0. The van der Waals surface area contributed by atoms with Crippen LogP contribution in [0.15, 0.2) is 59.4 Å². The summed E-state index contributed by atoms with van der Waals surface area (Å²) in [4.78, 5) is 39.5. The van der Waals surface area contributed by atoms with Gasteiger partial charge in [0.05, 0.1) is 0 Å². The number of hydrogen-bond acceptors (Lipinski definition) is 4. The Bertz CT molecular complexity index is 1240. The van der Waals surface area contributed by atoms with Crippen LogP contribution >= 0.6 is 0 Å². The van der Waals surface area contributed by atoms with Gasteiger partial charge in [-0.05, 0) is 35.4 Å². The molecule has 164 valence electrons. The van der Waals surface area contributed by atoms with E-state index in [2.05, 4.69) is 5.32 Å². The fourth-order valence-corrected chi connectivity index (χ4v) is 3.58. The molecule has 2 heterocycles. The number of rotatable bonds is 5.